The maximum Gasteiger partial charge on any atom is 0.407 e. The summed E-state index contributed by atoms with van der Waals surface area (Å²) in [4.78, 5) is 21.3. The fourth-order valence-electron chi connectivity index (χ4n) is 3.51. The molecule has 1 aliphatic rings. The zero-order valence-electron chi connectivity index (χ0n) is 16.3. The van der Waals surface area contributed by atoms with Crippen LogP contribution in [-0.4, -0.2) is 72.9 Å². The van der Waals surface area contributed by atoms with E-state index in [4.69, 9.17) is 31.4 Å². The number of halogens is 1. The topological polar surface area (TPSA) is 155 Å². The van der Waals surface area contributed by atoms with Crippen LogP contribution in [0.1, 0.15) is 13.8 Å². The van der Waals surface area contributed by atoms with Gasteiger partial charge in [-0.05, 0) is 24.2 Å². The highest BCUT2D eigenvalue weighted by molar-refractivity contribution is 6.34. The molecule has 0 radical (unpaired) electrons. The third-order valence-electron chi connectivity index (χ3n) is 4.76. The van der Waals surface area contributed by atoms with Crippen molar-refractivity contribution < 1.29 is 24.0 Å². The van der Waals surface area contributed by atoms with E-state index in [-0.39, 0.29) is 35.9 Å². The van der Waals surface area contributed by atoms with Gasteiger partial charge >= 0.3 is 6.09 Å². The molecule has 0 aliphatic carbocycles. The van der Waals surface area contributed by atoms with E-state index >= 15 is 0 Å². The molecule has 2 atom stereocenters. The van der Waals surface area contributed by atoms with E-state index < -0.39 is 12.2 Å². The molecule has 1 fully saturated rings. The van der Waals surface area contributed by atoms with Gasteiger partial charge in [-0.2, -0.15) is 0 Å². The SMILES string of the molecule is CCn1c(-c2nonc2N)nc2c(Cl)ncc(OC[C@@H]3CN(C(=O)O)CC(C)O3)c21. The Hall–Kier alpha value is -3.12. The molecule has 13 heteroatoms. The van der Waals surface area contributed by atoms with Gasteiger partial charge in [0.05, 0.1) is 25.4 Å². The smallest absolute Gasteiger partial charge is 0.407 e. The summed E-state index contributed by atoms with van der Waals surface area (Å²) in [6.07, 6.45) is -0.155. The molecule has 1 unspecified atom stereocenters. The number of pyridine rings is 1. The number of carboxylic acid groups (broad SMARTS) is 1. The van der Waals surface area contributed by atoms with Crippen molar-refractivity contribution in [3.8, 4) is 17.3 Å². The number of morpholine rings is 1. The van der Waals surface area contributed by atoms with Crippen LogP contribution < -0.4 is 10.5 Å². The van der Waals surface area contributed by atoms with E-state index in [1.165, 1.54) is 11.1 Å². The number of nitrogens with zero attached hydrogens (tertiary/aromatic N) is 6. The molecule has 4 heterocycles. The molecule has 3 aromatic heterocycles. The number of ether oxygens (including phenoxy) is 2. The fourth-order valence-corrected chi connectivity index (χ4v) is 3.69. The van der Waals surface area contributed by atoms with Gasteiger partial charge in [0.1, 0.15) is 23.7 Å². The van der Waals surface area contributed by atoms with Crippen LogP contribution >= 0.6 is 11.6 Å². The number of aromatic nitrogens is 5. The first-order valence-corrected chi connectivity index (χ1v) is 9.66. The lowest BCUT2D eigenvalue weighted by atomic mass is 10.2. The van der Waals surface area contributed by atoms with Crippen LogP contribution in [0.3, 0.4) is 0 Å². The van der Waals surface area contributed by atoms with Crippen molar-refractivity contribution in [3.63, 3.8) is 0 Å². The van der Waals surface area contributed by atoms with Crippen molar-refractivity contribution in [2.24, 2.45) is 0 Å². The van der Waals surface area contributed by atoms with E-state index in [2.05, 4.69) is 20.3 Å². The summed E-state index contributed by atoms with van der Waals surface area (Å²) < 4.78 is 18.3. The Kier molecular flexibility index (Phi) is 5.35. The van der Waals surface area contributed by atoms with E-state index in [9.17, 15) is 9.90 Å². The fraction of sp³-hybridized carbons (Fsp3) is 0.471. The number of amides is 1. The molecule has 3 aromatic rings. The molecule has 0 bridgehead atoms. The third-order valence-corrected chi connectivity index (χ3v) is 5.03. The molecule has 3 N–H and O–H groups in total. The lowest BCUT2D eigenvalue weighted by Gasteiger charge is -2.34. The summed E-state index contributed by atoms with van der Waals surface area (Å²) in [5, 5.41) is 16.9. The highest BCUT2D eigenvalue weighted by Gasteiger charge is 2.29. The number of anilines is 1. The summed E-state index contributed by atoms with van der Waals surface area (Å²) in [6, 6.07) is 0. The Labute approximate surface area is 175 Å². The minimum absolute atomic E-state index is 0.102. The van der Waals surface area contributed by atoms with Crippen molar-refractivity contribution in [1.82, 2.24) is 29.7 Å². The number of aryl methyl sites for hydroxylation is 1. The minimum Gasteiger partial charge on any atom is -0.487 e. The van der Waals surface area contributed by atoms with Crippen LogP contribution in [0.4, 0.5) is 10.6 Å². The number of nitrogens with two attached hydrogens (primary N) is 1. The van der Waals surface area contributed by atoms with Gasteiger partial charge in [0.25, 0.3) is 0 Å². The third kappa shape index (κ3) is 3.59. The van der Waals surface area contributed by atoms with Gasteiger partial charge in [-0.25, -0.2) is 19.4 Å². The first-order valence-electron chi connectivity index (χ1n) is 9.28. The van der Waals surface area contributed by atoms with Gasteiger partial charge in [0.15, 0.2) is 28.2 Å². The Bertz CT molecular complexity index is 1080. The maximum atomic E-state index is 11.3. The number of hydrogen-bond acceptors (Lipinski definition) is 9. The number of hydrogen-bond donors (Lipinski definition) is 2. The van der Waals surface area contributed by atoms with E-state index in [1.54, 1.807) is 0 Å². The highest BCUT2D eigenvalue weighted by Crippen LogP contribution is 2.34. The number of imidazole rings is 1. The maximum absolute atomic E-state index is 11.3. The predicted octanol–water partition coefficient (Wildman–Crippen LogP) is 1.88. The minimum atomic E-state index is -0.988. The monoisotopic (exact) mass is 437 g/mol. The summed E-state index contributed by atoms with van der Waals surface area (Å²) in [5.74, 6) is 0.948. The zero-order valence-corrected chi connectivity index (χ0v) is 17.0. The largest absolute Gasteiger partial charge is 0.487 e. The van der Waals surface area contributed by atoms with Crippen LogP contribution in [-0.2, 0) is 11.3 Å². The second kappa shape index (κ2) is 7.95. The van der Waals surface area contributed by atoms with Gasteiger partial charge in [0.2, 0.25) is 0 Å². The van der Waals surface area contributed by atoms with Gasteiger partial charge in [-0.3, -0.25) is 0 Å². The van der Waals surface area contributed by atoms with Crippen LogP contribution in [0.25, 0.3) is 22.6 Å². The average Bonchev–Trinajstić information content (AvgIpc) is 3.30. The Morgan fingerprint density at radius 1 is 1.43 bits per heavy atom. The Balaban J connectivity index is 1.66. The van der Waals surface area contributed by atoms with E-state index in [0.717, 1.165) is 0 Å². The summed E-state index contributed by atoms with van der Waals surface area (Å²) in [7, 11) is 0. The number of carbonyl (C=O) groups is 1. The first-order chi connectivity index (χ1) is 14.4. The van der Waals surface area contributed by atoms with Crippen molar-refractivity contribution in [1.29, 1.82) is 0 Å². The van der Waals surface area contributed by atoms with Crippen molar-refractivity contribution in [3.05, 3.63) is 11.3 Å². The van der Waals surface area contributed by atoms with E-state index in [1.807, 2.05) is 18.4 Å². The molecular weight excluding hydrogens is 418 g/mol. The first kappa shape index (κ1) is 20.2. The van der Waals surface area contributed by atoms with Crippen LogP contribution in [0.5, 0.6) is 5.75 Å². The lowest BCUT2D eigenvalue weighted by Crippen LogP contribution is -2.50. The van der Waals surface area contributed by atoms with E-state index in [0.29, 0.717) is 35.7 Å². The standard InChI is InChI=1S/C17H20ClN7O5/c1-3-25-13-10(28-7-9-6-24(17(26)27)5-8(2)29-9)4-20-14(18)11(13)21-16(25)12-15(19)23-30-22-12/h4,8-9H,3,5-7H2,1-2H3,(H2,19,23)(H,26,27)/t8?,9-/m0/s1. The van der Waals surface area contributed by atoms with Crippen LogP contribution in [0.2, 0.25) is 5.15 Å². The van der Waals surface area contributed by atoms with Gasteiger partial charge in [-0.1, -0.05) is 11.6 Å². The summed E-state index contributed by atoms with van der Waals surface area (Å²) in [5.41, 5.74) is 7.14. The summed E-state index contributed by atoms with van der Waals surface area (Å²) in [6.45, 7) is 4.91. The molecule has 160 valence electrons. The molecule has 0 saturated carbocycles. The number of nitrogen functional groups attached to an aromatic ring is 1. The Morgan fingerprint density at radius 3 is 2.90 bits per heavy atom. The number of rotatable bonds is 5. The average molecular weight is 438 g/mol. The van der Waals surface area contributed by atoms with Gasteiger partial charge in [0, 0.05) is 6.54 Å². The quantitative estimate of drug-likeness (QED) is 0.565. The lowest BCUT2D eigenvalue weighted by molar-refractivity contribution is -0.0838. The zero-order chi connectivity index (χ0) is 21.4. The highest BCUT2D eigenvalue weighted by atomic mass is 35.5. The second-order valence-electron chi connectivity index (χ2n) is 6.86. The molecule has 4 rings (SSSR count). The predicted molar refractivity (Wildman–Crippen MR) is 105 cm³/mol. The molecule has 12 nitrogen and oxygen atoms in total. The van der Waals surface area contributed by atoms with Crippen molar-refractivity contribution >= 4 is 34.5 Å². The molecule has 1 saturated heterocycles. The number of fused-ring (bicyclic) bond motifs is 1. The molecule has 0 spiro atoms. The summed E-state index contributed by atoms with van der Waals surface area (Å²) >= 11 is 6.26. The van der Waals surface area contributed by atoms with Crippen molar-refractivity contribution in [2.75, 3.05) is 25.4 Å². The molecule has 1 aliphatic heterocycles. The molecular formula is C17H20ClN7O5. The normalized spacial score (nSPS) is 19.4. The van der Waals surface area contributed by atoms with Gasteiger partial charge in [-0.15, -0.1) is 0 Å². The second-order valence-corrected chi connectivity index (χ2v) is 7.21. The van der Waals surface area contributed by atoms with Gasteiger partial charge < -0.3 is 29.8 Å². The Morgan fingerprint density at radius 2 is 2.23 bits per heavy atom. The van der Waals surface area contributed by atoms with Crippen molar-refractivity contribution in [2.45, 2.75) is 32.6 Å². The molecule has 0 aromatic carbocycles. The van der Waals surface area contributed by atoms with Crippen LogP contribution in [0.15, 0.2) is 10.8 Å². The molecule has 30 heavy (non-hydrogen) atoms. The van der Waals surface area contributed by atoms with Crippen LogP contribution in [0, 0.1) is 0 Å². The molecule has 1 amide bonds.